The van der Waals surface area contributed by atoms with Crippen molar-refractivity contribution in [1.82, 2.24) is 10.6 Å². The highest BCUT2D eigenvalue weighted by Crippen LogP contribution is 2.21. The van der Waals surface area contributed by atoms with Crippen LogP contribution in [0.5, 0.6) is 0 Å². The topological polar surface area (TPSA) is 109 Å². The van der Waals surface area contributed by atoms with E-state index in [0.717, 1.165) is 21.9 Å². The molecule has 0 fully saturated rings. The molecule has 2 atom stereocenters. The van der Waals surface area contributed by atoms with E-state index in [0.29, 0.717) is 6.42 Å². The molecule has 0 aliphatic rings. The first-order chi connectivity index (χ1) is 18.7. The fourth-order valence-electron chi connectivity index (χ4n) is 4.58. The van der Waals surface area contributed by atoms with Crippen molar-refractivity contribution in [2.75, 3.05) is 5.75 Å². The Morgan fingerprint density at radius 3 is 2.20 bits per heavy atom. The average Bonchev–Trinajstić information content (AvgIpc) is 2.88. The summed E-state index contributed by atoms with van der Waals surface area (Å²) in [5.41, 5.74) is 1.52. The molecule has 0 saturated carbocycles. The molecule has 0 unspecified atom stereocenters. The third-order valence-electron chi connectivity index (χ3n) is 6.77. The van der Waals surface area contributed by atoms with E-state index in [4.69, 9.17) is 0 Å². The van der Waals surface area contributed by atoms with Gasteiger partial charge in [-0.25, -0.2) is 8.42 Å². The van der Waals surface area contributed by atoms with E-state index >= 15 is 0 Å². The molecular weight excluding hydrogens is 524 g/mol. The predicted octanol–water partition coefficient (Wildman–Crippen LogP) is 4.94. The SMILES string of the molecule is Cc1ccc(S(=O)(=O)C[C@@H](CCC(=O)NC(C)(C)C)C(=O)N[C@@H](C)C(=O)CCc2cccc3ccccc23)cc1. The van der Waals surface area contributed by atoms with Crippen LogP contribution >= 0.6 is 0 Å². The Morgan fingerprint density at radius 1 is 0.875 bits per heavy atom. The minimum absolute atomic E-state index is 0.0117. The van der Waals surface area contributed by atoms with Crippen molar-refractivity contribution in [2.45, 2.75) is 76.8 Å². The van der Waals surface area contributed by atoms with Crippen LogP contribution in [0.4, 0.5) is 0 Å². The third-order valence-corrected chi connectivity index (χ3v) is 8.60. The number of Topliss-reactive ketones (excluding diaryl/α,β-unsaturated/α-hetero) is 1. The zero-order chi connectivity index (χ0) is 29.5. The van der Waals surface area contributed by atoms with Crippen LogP contribution in [-0.2, 0) is 30.6 Å². The molecule has 8 heteroatoms. The summed E-state index contributed by atoms with van der Waals surface area (Å²) in [6, 6.07) is 19.6. The van der Waals surface area contributed by atoms with Crippen molar-refractivity contribution >= 4 is 38.2 Å². The summed E-state index contributed by atoms with van der Waals surface area (Å²) in [6.07, 6.45) is 0.784. The van der Waals surface area contributed by atoms with Crippen molar-refractivity contribution in [2.24, 2.45) is 5.92 Å². The van der Waals surface area contributed by atoms with Crippen LogP contribution in [0.25, 0.3) is 10.8 Å². The first kappa shape index (κ1) is 31.0. The fourth-order valence-corrected chi connectivity index (χ4v) is 6.17. The first-order valence-electron chi connectivity index (χ1n) is 13.7. The van der Waals surface area contributed by atoms with Crippen molar-refractivity contribution < 1.29 is 22.8 Å². The Morgan fingerprint density at radius 2 is 1.52 bits per heavy atom. The van der Waals surface area contributed by atoms with Gasteiger partial charge in [0, 0.05) is 18.4 Å². The van der Waals surface area contributed by atoms with Crippen molar-refractivity contribution in [3.05, 3.63) is 77.9 Å². The van der Waals surface area contributed by atoms with Gasteiger partial charge in [-0.2, -0.15) is 0 Å². The number of carbonyl (C=O) groups excluding carboxylic acids is 3. The Bertz CT molecular complexity index is 1450. The Labute approximate surface area is 237 Å². The van der Waals surface area contributed by atoms with Crippen LogP contribution in [0.2, 0.25) is 0 Å². The number of ketones is 1. The zero-order valence-corrected chi connectivity index (χ0v) is 24.8. The number of hydrogen-bond donors (Lipinski definition) is 2. The second kappa shape index (κ2) is 13.2. The molecule has 0 spiro atoms. The fraction of sp³-hybridized carbons (Fsp3) is 0.406. The lowest BCUT2D eigenvalue weighted by Gasteiger charge is -2.23. The highest BCUT2D eigenvalue weighted by atomic mass is 32.2. The normalized spacial score (nSPS) is 13.4. The van der Waals surface area contributed by atoms with Crippen molar-refractivity contribution in [3.8, 4) is 0 Å². The molecule has 0 aromatic heterocycles. The van der Waals surface area contributed by atoms with Gasteiger partial charge >= 0.3 is 0 Å². The number of benzene rings is 3. The van der Waals surface area contributed by atoms with Gasteiger partial charge in [0.05, 0.1) is 22.6 Å². The van der Waals surface area contributed by atoms with E-state index in [1.54, 1.807) is 19.1 Å². The molecule has 0 aliphatic heterocycles. The van der Waals surface area contributed by atoms with Gasteiger partial charge in [0.1, 0.15) is 0 Å². The van der Waals surface area contributed by atoms with E-state index in [1.165, 1.54) is 12.1 Å². The van der Waals surface area contributed by atoms with Gasteiger partial charge in [-0.15, -0.1) is 0 Å². The summed E-state index contributed by atoms with van der Waals surface area (Å²) in [5, 5.41) is 7.75. The number of rotatable bonds is 12. The molecule has 0 heterocycles. The molecule has 0 aliphatic carbocycles. The second-order valence-corrected chi connectivity index (χ2v) is 13.5. The van der Waals surface area contributed by atoms with Crippen LogP contribution < -0.4 is 10.6 Å². The molecule has 2 N–H and O–H groups in total. The van der Waals surface area contributed by atoms with Crippen LogP contribution in [0.1, 0.15) is 58.1 Å². The summed E-state index contributed by atoms with van der Waals surface area (Å²) in [4.78, 5) is 38.9. The minimum Gasteiger partial charge on any atom is -0.352 e. The largest absolute Gasteiger partial charge is 0.352 e. The molecule has 7 nitrogen and oxygen atoms in total. The summed E-state index contributed by atoms with van der Waals surface area (Å²) < 4.78 is 26.3. The average molecular weight is 565 g/mol. The molecule has 3 rings (SSSR count). The number of amides is 2. The number of hydrogen-bond acceptors (Lipinski definition) is 5. The molecule has 0 bridgehead atoms. The molecule has 2 amide bonds. The maximum atomic E-state index is 13.3. The van der Waals surface area contributed by atoms with Gasteiger partial charge in [-0.05, 0) is 75.9 Å². The van der Waals surface area contributed by atoms with Crippen molar-refractivity contribution in [1.29, 1.82) is 0 Å². The molecule has 3 aromatic rings. The molecular formula is C32H40N2O5S. The lowest BCUT2D eigenvalue weighted by molar-refractivity contribution is -0.130. The van der Waals surface area contributed by atoms with Gasteiger partial charge < -0.3 is 10.6 Å². The van der Waals surface area contributed by atoms with Gasteiger partial charge in [0.2, 0.25) is 11.8 Å². The zero-order valence-electron chi connectivity index (χ0n) is 24.0. The van der Waals surface area contributed by atoms with Crippen LogP contribution in [0.15, 0.2) is 71.6 Å². The van der Waals surface area contributed by atoms with Gasteiger partial charge in [0.15, 0.2) is 15.6 Å². The standard InChI is InChI=1S/C32H40N2O5S/c1-22-13-17-27(18-14-22)40(38,39)21-26(16-20-30(36)34-32(3,4)5)31(37)33-23(2)29(35)19-15-25-11-8-10-24-9-6-7-12-28(24)25/h6-14,17-18,23,26H,15-16,19-21H2,1-5H3,(H,33,37)(H,34,36)/t23-,26+/m0/s1. The number of fused-ring (bicyclic) bond motifs is 1. The Hall–Kier alpha value is -3.52. The monoisotopic (exact) mass is 564 g/mol. The van der Waals surface area contributed by atoms with E-state index in [2.05, 4.69) is 10.6 Å². The number of sulfone groups is 1. The quantitative estimate of drug-likeness (QED) is 0.324. The second-order valence-electron chi connectivity index (χ2n) is 11.5. The van der Waals surface area contributed by atoms with Crippen LogP contribution in [-0.4, -0.2) is 43.3 Å². The van der Waals surface area contributed by atoms with Gasteiger partial charge in [-0.1, -0.05) is 60.2 Å². The molecule has 0 saturated heterocycles. The van der Waals surface area contributed by atoms with Crippen LogP contribution in [0.3, 0.4) is 0 Å². The van der Waals surface area contributed by atoms with E-state index in [-0.39, 0.29) is 35.8 Å². The van der Waals surface area contributed by atoms with E-state index in [1.807, 2.05) is 70.2 Å². The highest BCUT2D eigenvalue weighted by Gasteiger charge is 2.29. The molecule has 0 radical (unpaired) electrons. The smallest absolute Gasteiger partial charge is 0.224 e. The number of carbonyl (C=O) groups is 3. The third kappa shape index (κ3) is 9.01. The van der Waals surface area contributed by atoms with E-state index in [9.17, 15) is 22.8 Å². The Balaban J connectivity index is 1.69. The number of nitrogens with one attached hydrogen (secondary N) is 2. The summed E-state index contributed by atoms with van der Waals surface area (Å²) in [6.45, 7) is 9.02. The van der Waals surface area contributed by atoms with Crippen molar-refractivity contribution in [3.63, 3.8) is 0 Å². The molecule has 40 heavy (non-hydrogen) atoms. The minimum atomic E-state index is -3.80. The summed E-state index contributed by atoms with van der Waals surface area (Å²) in [7, 11) is -3.80. The first-order valence-corrected chi connectivity index (χ1v) is 15.3. The molecule has 3 aromatic carbocycles. The molecule has 214 valence electrons. The Kier molecular flexibility index (Phi) is 10.3. The predicted molar refractivity (Wildman–Crippen MR) is 159 cm³/mol. The lowest BCUT2D eigenvalue weighted by atomic mass is 9.98. The maximum Gasteiger partial charge on any atom is 0.224 e. The maximum absolute atomic E-state index is 13.3. The van der Waals surface area contributed by atoms with E-state index < -0.39 is 39.0 Å². The lowest BCUT2D eigenvalue weighted by Crippen LogP contribution is -2.44. The van der Waals surface area contributed by atoms with Gasteiger partial charge in [0.25, 0.3) is 0 Å². The highest BCUT2D eigenvalue weighted by molar-refractivity contribution is 7.91. The summed E-state index contributed by atoms with van der Waals surface area (Å²) in [5.74, 6) is -2.42. The van der Waals surface area contributed by atoms with Gasteiger partial charge in [-0.3, -0.25) is 14.4 Å². The summed E-state index contributed by atoms with van der Waals surface area (Å²) >= 11 is 0. The number of aryl methyl sites for hydroxylation is 2. The van der Waals surface area contributed by atoms with Crippen LogP contribution in [0, 0.1) is 12.8 Å².